The molecule has 1 atom stereocenters. The predicted octanol–water partition coefficient (Wildman–Crippen LogP) is 3.05. The van der Waals surface area contributed by atoms with E-state index in [1.807, 2.05) is 24.3 Å². The minimum absolute atomic E-state index is 0.0754. The predicted molar refractivity (Wildman–Crippen MR) is 117 cm³/mol. The van der Waals surface area contributed by atoms with E-state index in [-0.39, 0.29) is 17.6 Å². The summed E-state index contributed by atoms with van der Waals surface area (Å²) in [6.07, 6.45) is 0. The smallest absolute Gasteiger partial charge is 0.258 e. The molecule has 9 heteroatoms. The van der Waals surface area contributed by atoms with Crippen molar-refractivity contribution in [3.63, 3.8) is 0 Å². The van der Waals surface area contributed by atoms with E-state index in [9.17, 15) is 9.59 Å². The quantitative estimate of drug-likeness (QED) is 0.796. The number of nitrogens with one attached hydrogen (secondary N) is 1. The summed E-state index contributed by atoms with van der Waals surface area (Å²) in [5.41, 5.74) is 2.10. The molecule has 2 aliphatic heterocycles. The Morgan fingerprint density at radius 2 is 1.87 bits per heavy atom. The van der Waals surface area contributed by atoms with Gasteiger partial charge in [0, 0.05) is 29.4 Å². The Morgan fingerprint density at radius 1 is 1.17 bits per heavy atom. The number of carbonyl (C=O) groups is 2. The molecule has 0 saturated carbocycles. The molecule has 2 aromatic carbocycles. The molecule has 0 aliphatic carbocycles. The normalized spacial score (nSPS) is 17.0. The highest BCUT2D eigenvalue weighted by Crippen LogP contribution is 2.33. The van der Waals surface area contributed by atoms with Crippen LogP contribution in [0.1, 0.15) is 12.5 Å². The van der Waals surface area contributed by atoms with Gasteiger partial charge in [-0.25, -0.2) is 9.89 Å². The van der Waals surface area contributed by atoms with E-state index in [2.05, 4.69) is 15.3 Å². The fourth-order valence-electron chi connectivity index (χ4n) is 3.18. The Balaban J connectivity index is 1.51. The van der Waals surface area contributed by atoms with Crippen LogP contribution in [0.4, 0.5) is 11.4 Å². The van der Waals surface area contributed by atoms with Crippen molar-refractivity contribution in [2.24, 2.45) is 9.98 Å². The number of fused-ring (bicyclic) bond motifs is 3. The SMILES string of the molecule is COc1cc(NC(=O)CSC2=Nc3ccccc3C3=NC(C)C(=O)N23)cc(OC)c1. The fraction of sp³-hybridized carbons (Fsp3) is 0.238. The van der Waals surface area contributed by atoms with Crippen molar-refractivity contribution in [3.8, 4) is 11.5 Å². The standard InChI is InChI=1S/C21H20N4O4S/c1-12-20(27)25-19(22-12)16-6-4-5-7-17(16)24-21(25)30-11-18(26)23-13-8-14(28-2)10-15(9-13)29-3/h4-10,12H,11H2,1-3H3,(H,23,26). The molecule has 0 radical (unpaired) electrons. The number of para-hydroxylation sites is 1. The number of nitrogens with zero attached hydrogens (tertiary/aromatic N) is 3. The first-order valence-corrected chi connectivity index (χ1v) is 10.2. The van der Waals surface area contributed by atoms with Gasteiger partial charge in [-0.05, 0) is 19.1 Å². The number of amides is 2. The molecule has 2 aliphatic rings. The van der Waals surface area contributed by atoms with E-state index in [0.717, 1.165) is 11.3 Å². The van der Waals surface area contributed by atoms with Gasteiger partial charge in [0.25, 0.3) is 5.91 Å². The van der Waals surface area contributed by atoms with Crippen molar-refractivity contribution in [2.75, 3.05) is 25.3 Å². The third-order valence-corrected chi connectivity index (χ3v) is 5.56. The summed E-state index contributed by atoms with van der Waals surface area (Å²) >= 11 is 1.19. The van der Waals surface area contributed by atoms with Gasteiger partial charge in [-0.3, -0.25) is 14.6 Å². The maximum absolute atomic E-state index is 12.6. The second kappa shape index (κ2) is 8.19. The lowest BCUT2D eigenvalue weighted by molar-refractivity contribution is -0.124. The van der Waals surface area contributed by atoms with E-state index in [4.69, 9.17) is 9.47 Å². The number of rotatable bonds is 5. The summed E-state index contributed by atoms with van der Waals surface area (Å²) in [5, 5.41) is 3.27. The van der Waals surface area contributed by atoms with Crippen molar-refractivity contribution < 1.29 is 19.1 Å². The molecule has 0 saturated heterocycles. The van der Waals surface area contributed by atoms with Crippen molar-refractivity contribution in [3.05, 3.63) is 48.0 Å². The van der Waals surface area contributed by atoms with Gasteiger partial charge in [-0.1, -0.05) is 23.9 Å². The summed E-state index contributed by atoms with van der Waals surface area (Å²) < 4.78 is 10.4. The number of carbonyl (C=O) groups excluding carboxylic acids is 2. The Hall–Kier alpha value is -3.33. The van der Waals surface area contributed by atoms with Crippen LogP contribution in [0.2, 0.25) is 0 Å². The molecule has 8 nitrogen and oxygen atoms in total. The van der Waals surface area contributed by atoms with Crippen LogP contribution >= 0.6 is 11.8 Å². The average molecular weight is 424 g/mol. The number of benzene rings is 2. The van der Waals surface area contributed by atoms with Crippen molar-refractivity contribution in [2.45, 2.75) is 13.0 Å². The Labute approximate surface area is 178 Å². The second-order valence-electron chi connectivity index (χ2n) is 6.65. The first-order chi connectivity index (χ1) is 14.5. The first kappa shape index (κ1) is 20.0. The number of methoxy groups -OCH3 is 2. The Bertz CT molecular complexity index is 1060. The number of amidine groups is 2. The molecule has 0 aromatic heterocycles. The van der Waals surface area contributed by atoms with Crippen LogP contribution in [0, 0.1) is 0 Å². The van der Waals surface area contributed by atoms with Gasteiger partial charge in [-0.15, -0.1) is 0 Å². The third-order valence-electron chi connectivity index (χ3n) is 4.63. The van der Waals surface area contributed by atoms with Crippen molar-refractivity contribution in [1.82, 2.24) is 4.90 Å². The molecule has 2 aromatic rings. The number of aliphatic imine (C=N–C) groups is 2. The van der Waals surface area contributed by atoms with Gasteiger partial charge in [0.2, 0.25) is 5.91 Å². The molecule has 1 unspecified atom stereocenters. The molecular formula is C21H20N4O4S. The minimum atomic E-state index is -0.477. The third kappa shape index (κ3) is 3.76. The zero-order chi connectivity index (χ0) is 21.3. The maximum Gasteiger partial charge on any atom is 0.258 e. The topological polar surface area (TPSA) is 92.6 Å². The average Bonchev–Trinajstić information content (AvgIpc) is 3.06. The molecule has 0 fully saturated rings. The molecule has 30 heavy (non-hydrogen) atoms. The molecule has 0 spiro atoms. The van der Waals surface area contributed by atoms with E-state index in [1.54, 1.807) is 39.3 Å². The number of hydrogen-bond acceptors (Lipinski definition) is 7. The highest BCUT2D eigenvalue weighted by Gasteiger charge is 2.39. The van der Waals surface area contributed by atoms with Gasteiger partial charge in [0.15, 0.2) is 5.17 Å². The minimum Gasteiger partial charge on any atom is -0.497 e. The molecular weight excluding hydrogens is 404 g/mol. The zero-order valence-corrected chi connectivity index (χ0v) is 17.5. The van der Waals surface area contributed by atoms with Gasteiger partial charge in [0.1, 0.15) is 23.4 Å². The second-order valence-corrected chi connectivity index (χ2v) is 7.59. The van der Waals surface area contributed by atoms with Crippen LogP contribution in [0.15, 0.2) is 52.4 Å². The van der Waals surface area contributed by atoms with E-state index in [1.165, 1.54) is 16.7 Å². The maximum atomic E-state index is 12.6. The van der Waals surface area contributed by atoms with Crippen molar-refractivity contribution in [1.29, 1.82) is 0 Å². The van der Waals surface area contributed by atoms with E-state index >= 15 is 0 Å². The Kier molecular flexibility index (Phi) is 5.45. The zero-order valence-electron chi connectivity index (χ0n) is 16.7. The van der Waals surface area contributed by atoms with Crippen molar-refractivity contribution >= 4 is 46.0 Å². The van der Waals surface area contributed by atoms with Gasteiger partial charge in [-0.2, -0.15) is 0 Å². The lowest BCUT2D eigenvalue weighted by Gasteiger charge is -2.25. The molecule has 0 bridgehead atoms. The molecule has 2 heterocycles. The monoisotopic (exact) mass is 424 g/mol. The van der Waals surface area contributed by atoms with Gasteiger partial charge < -0.3 is 14.8 Å². The lowest BCUT2D eigenvalue weighted by atomic mass is 10.1. The molecule has 2 amide bonds. The van der Waals surface area contributed by atoms with Gasteiger partial charge in [0.05, 0.1) is 25.7 Å². The molecule has 1 N–H and O–H groups in total. The van der Waals surface area contributed by atoms with Crippen LogP contribution in [0.25, 0.3) is 0 Å². The number of anilines is 1. The summed E-state index contributed by atoms with van der Waals surface area (Å²) in [7, 11) is 3.09. The van der Waals surface area contributed by atoms with Gasteiger partial charge >= 0.3 is 0 Å². The summed E-state index contributed by atoms with van der Waals surface area (Å²) in [5.74, 6) is 1.41. The van der Waals surface area contributed by atoms with Crippen LogP contribution < -0.4 is 14.8 Å². The summed E-state index contributed by atoms with van der Waals surface area (Å²) in [6, 6.07) is 12.2. The lowest BCUT2D eigenvalue weighted by Crippen LogP contribution is -2.41. The largest absolute Gasteiger partial charge is 0.497 e. The summed E-state index contributed by atoms with van der Waals surface area (Å²) in [4.78, 5) is 35.7. The Morgan fingerprint density at radius 3 is 2.57 bits per heavy atom. The summed E-state index contributed by atoms with van der Waals surface area (Å²) in [6.45, 7) is 1.75. The number of thioether (sulfide) groups is 1. The van der Waals surface area contributed by atoms with Crippen LogP contribution in [0.3, 0.4) is 0 Å². The first-order valence-electron chi connectivity index (χ1n) is 9.25. The highest BCUT2D eigenvalue weighted by molar-refractivity contribution is 8.14. The van der Waals surface area contributed by atoms with Crippen LogP contribution in [-0.2, 0) is 9.59 Å². The fourth-order valence-corrected chi connectivity index (χ4v) is 3.98. The number of ether oxygens (including phenoxy) is 2. The van der Waals surface area contributed by atoms with Crippen LogP contribution in [0.5, 0.6) is 11.5 Å². The van der Waals surface area contributed by atoms with E-state index in [0.29, 0.717) is 28.2 Å². The number of hydrogen-bond donors (Lipinski definition) is 1. The molecule has 154 valence electrons. The van der Waals surface area contributed by atoms with E-state index < -0.39 is 6.04 Å². The highest BCUT2D eigenvalue weighted by atomic mass is 32.2. The van der Waals surface area contributed by atoms with Crippen LogP contribution in [-0.4, -0.2) is 53.7 Å². The molecule has 4 rings (SSSR count).